The lowest BCUT2D eigenvalue weighted by atomic mass is 10.1. The summed E-state index contributed by atoms with van der Waals surface area (Å²) in [6.07, 6.45) is 0. The molecule has 3 rings (SSSR count). The summed E-state index contributed by atoms with van der Waals surface area (Å²) in [6, 6.07) is 20.2. The molecule has 3 N–H and O–H groups in total. The number of primary sulfonamides is 1. The summed E-state index contributed by atoms with van der Waals surface area (Å²) in [7, 11) is -3.77. The Morgan fingerprint density at radius 3 is 2.32 bits per heavy atom. The van der Waals surface area contributed by atoms with Crippen LogP contribution in [0.2, 0.25) is 0 Å². The van der Waals surface area contributed by atoms with Gasteiger partial charge in [0.1, 0.15) is 12.4 Å². The number of nitrogens with one attached hydrogen (secondary N) is 1. The number of rotatable bonds is 6. The van der Waals surface area contributed by atoms with Crippen LogP contribution in [-0.2, 0) is 16.6 Å². The number of amides is 1. The van der Waals surface area contributed by atoms with Gasteiger partial charge in [0.25, 0.3) is 5.91 Å². The third kappa shape index (κ3) is 5.41. The van der Waals surface area contributed by atoms with Gasteiger partial charge in [0.15, 0.2) is 0 Å². The fourth-order valence-electron chi connectivity index (χ4n) is 2.43. The van der Waals surface area contributed by atoms with E-state index >= 15 is 0 Å². The van der Waals surface area contributed by atoms with Gasteiger partial charge in [0, 0.05) is 15.7 Å². The molecule has 0 bridgehead atoms. The fraction of sp³-hybridized carbons (Fsp3) is 0.0500. The number of carbonyl (C=O) groups is 1. The van der Waals surface area contributed by atoms with Gasteiger partial charge in [-0.3, -0.25) is 4.79 Å². The van der Waals surface area contributed by atoms with Crippen LogP contribution in [-0.4, -0.2) is 14.3 Å². The summed E-state index contributed by atoms with van der Waals surface area (Å²) in [6.45, 7) is 0.325. The van der Waals surface area contributed by atoms with Crippen molar-refractivity contribution in [3.05, 3.63) is 88.4 Å². The monoisotopic (exact) mass is 460 g/mol. The highest BCUT2D eigenvalue weighted by Crippen LogP contribution is 2.18. The minimum absolute atomic E-state index is 0.0161. The van der Waals surface area contributed by atoms with Gasteiger partial charge in [-0.1, -0.05) is 28.1 Å². The maximum atomic E-state index is 12.5. The van der Waals surface area contributed by atoms with Crippen molar-refractivity contribution in [3.8, 4) is 5.75 Å². The van der Waals surface area contributed by atoms with Gasteiger partial charge in [-0.25, -0.2) is 13.6 Å². The normalized spacial score (nSPS) is 11.1. The van der Waals surface area contributed by atoms with Crippen LogP contribution in [0.4, 0.5) is 5.69 Å². The Labute approximate surface area is 171 Å². The average Bonchev–Trinajstić information content (AvgIpc) is 2.67. The second-order valence-electron chi connectivity index (χ2n) is 5.97. The van der Waals surface area contributed by atoms with Crippen molar-refractivity contribution in [2.75, 3.05) is 5.32 Å². The third-order valence-electron chi connectivity index (χ3n) is 3.85. The summed E-state index contributed by atoms with van der Waals surface area (Å²) in [4.78, 5) is 12.4. The molecule has 3 aromatic carbocycles. The first-order valence-corrected chi connectivity index (χ1v) is 10.6. The minimum atomic E-state index is -3.77. The standard InChI is InChI=1S/C20H17BrN2O4S/c21-16-4-8-18(9-5-16)27-13-14-2-1-3-15(12-14)20(24)23-17-6-10-19(11-7-17)28(22,25)26/h1-12H,13H2,(H,23,24)(H2,22,25,26). The van der Waals surface area contributed by atoms with Crippen LogP contribution in [0.3, 0.4) is 0 Å². The quantitative estimate of drug-likeness (QED) is 0.581. The number of sulfonamides is 1. The molecule has 0 saturated heterocycles. The van der Waals surface area contributed by atoms with Crippen LogP contribution < -0.4 is 15.2 Å². The molecule has 1 amide bonds. The number of ether oxygens (including phenoxy) is 1. The van der Waals surface area contributed by atoms with Gasteiger partial charge >= 0.3 is 0 Å². The van der Waals surface area contributed by atoms with E-state index < -0.39 is 10.0 Å². The van der Waals surface area contributed by atoms with Crippen LogP contribution >= 0.6 is 15.9 Å². The maximum Gasteiger partial charge on any atom is 0.255 e. The number of halogens is 1. The van der Waals surface area contributed by atoms with Gasteiger partial charge in [-0.2, -0.15) is 0 Å². The molecule has 28 heavy (non-hydrogen) atoms. The molecule has 3 aromatic rings. The van der Waals surface area contributed by atoms with E-state index in [2.05, 4.69) is 21.2 Å². The van der Waals surface area contributed by atoms with E-state index in [1.807, 2.05) is 30.3 Å². The molecular weight excluding hydrogens is 444 g/mol. The number of benzene rings is 3. The Balaban J connectivity index is 1.65. The topological polar surface area (TPSA) is 98.5 Å². The Hall–Kier alpha value is -2.68. The molecule has 0 aliphatic rings. The zero-order valence-electron chi connectivity index (χ0n) is 14.6. The molecule has 144 valence electrons. The molecule has 0 fully saturated rings. The highest BCUT2D eigenvalue weighted by molar-refractivity contribution is 9.10. The van der Waals surface area contributed by atoms with E-state index in [1.54, 1.807) is 18.2 Å². The van der Waals surface area contributed by atoms with Crippen molar-refractivity contribution in [1.29, 1.82) is 0 Å². The summed E-state index contributed by atoms with van der Waals surface area (Å²) >= 11 is 3.37. The highest BCUT2D eigenvalue weighted by atomic mass is 79.9. The van der Waals surface area contributed by atoms with Crippen LogP contribution in [0.5, 0.6) is 5.75 Å². The largest absolute Gasteiger partial charge is 0.489 e. The van der Waals surface area contributed by atoms with Crippen molar-refractivity contribution in [1.82, 2.24) is 0 Å². The molecule has 0 aromatic heterocycles. The van der Waals surface area contributed by atoms with E-state index in [0.717, 1.165) is 15.8 Å². The molecule has 0 spiro atoms. The highest BCUT2D eigenvalue weighted by Gasteiger charge is 2.10. The van der Waals surface area contributed by atoms with Crippen molar-refractivity contribution in [3.63, 3.8) is 0 Å². The minimum Gasteiger partial charge on any atom is -0.489 e. The predicted octanol–water partition coefficient (Wildman–Crippen LogP) is 3.93. The zero-order chi connectivity index (χ0) is 20.1. The first kappa shape index (κ1) is 20.1. The number of carbonyl (C=O) groups excluding carboxylic acids is 1. The number of anilines is 1. The van der Waals surface area contributed by atoms with Crippen molar-refractivity contribution in [2.24, 2.45) is 5.14 Å². The number of hydrogen-bond acceptors (Lipinski definition) is 4. The lowest BCUT2D eigenvalue weighted by molar-refractivity contribution is 0.102. The fourth-order valence-corrected chi connectivity index (χ4v) is 3.21. The van der Waals surface area contributed by atoms with Crippen LogP contribution in [0.15, 0.2) is 82.2 Å². The maximum absolute atomic E-state index is 12.5. The summed E-state index contributed by atoms with van der Waals surface area (Å²) in [5.74, 6) is 0.418. The van der Waals surface area contributed by atoms with Gasteiger partial charge in [0.05, 0.1) is 4.90 Å². The van der Waals surface area contributed by atoms with E-state index in [9.17, 15) is 13.2 Å². The number of hydrogen-bond donors (Lipinski definition) is 2. The Kier molecular flexibility index (Phi) is 6.13. The smallest absolute Gasteiger partial charge is 0.255 e. The Morgan fingerprint density at radius 1 is 1.00 bits per heavy atom. The SMILES string of the molecule is NS(=O)(=O)c1ccc(NC(=O)c2cccc(COc3ccc(Br)cc3)c2)cc1. The van der Waals surface area contributed by atoms with E-state index in [4.69, 9.17) is 9.88 Å². The summed E-state index contributed by atoms with van der Waals surface area (Å²) in [5.41, 5.74) is 1.78. The first-order valence-electron chi connectivity index (χ1n) is 8.23. The van der Waals surface area contributed by atoms with Gasteiger partial charge in [0.2, 0.25) is 10.0 Å². The lowest BCUT2D eigenvalue weighted by Gasteiger charge is -2.09. The van der Waals surface area contributed by atoms with Crippen molar-refractivity contribution >= 4 is 37.5 Å². The second-order valence-corrected chi connectivity index (χ2v) is 8.44. The average molecular weight is 461 g/mol. The van der Waals surface area contributed by atoms with Crippen LogP contribution in [0.1, 0.15) is 15.9 Å². The molecule has 8 heteroatoms. The van der Waals surface area contributed by atoms with Gasteiger partial charge < -0.3 is 10.1 Å². The van der Waals surface area contributed by atoms with Gasteiger partial charge in [-0.15, -0.1) is 0 Å². The molecule has 0 aliphatic carbocycles. The van der Waals surface area contributed by atoms with E-state index in [1.165, 1.54) is 24.3 Å². The summed E-state index contributed by atoms with van der Waals surface area (Å²) < 4.78 is 29.3. The Morgan fingerprint density at radius 2 is 1.68 bits per heavy atom. The zero-order valence-corrected chi connectivity index (χ0v) is 17.0. The second kappa shape index (κ2) is 8.55. The Bertz CT molecular complexity index is 1080. The van der Waals surface area contributed by atoms with Crippen LogP contribution in [0.25, 0.3) is 0 Å². The van der Waals surface area contributed by atoms with Gasteiger partial charge in [-0.05, 0) is 66.2 Å². The van der Waals surface area contributed by atoms with Crippen molar-refractivity contribution < 1.29 is 17.9 Å². The molecule has 0 aliphatic heterocycles. The molecule has 0 radical (unpaired) electrons. The molecule has 6 nitrogen and oxygen atoms in total. The molecule has 0 atom stereocenters. The third-order valence-corrected chi connectivity index (χ3v) is 5.31. The van der Waals surface area contributed by atoms with E-state index in [0.29, 0.717) is 17.9 Å². The lowest BCUT2D eigenvalue weighted by Crippen LogP contribution is -2.14. The molecule has 0 saturated carbocycles. The van der Waals surface area contributed by atoms with E-state index in [-0.39, 0.29) is 10.8 Å². The number of nitrogens with two attached hydrogens (primary N) is 1. The van der Waals surface area contributed by atoms with Crippen molar-refractivity contribution in [2.45, 2.75) is 11.5 Å². The first-order chi connectivity index (χ1) is 13.3. The molecule has 0 heterocycles. The van der Waals surface area contributed by atoms with Crippen LogP contribution in [0, 0.1) is 0 Å². The predicted molar refractivity (Wildman–Crippen MR) is 111 cm³/mol. The molecular formula is C20H17BrN2O4S. The molecule has 0 unspecified atom stereocenters. The summed E-state index contributed by atoms with van der Waals surface area (Å²) in [5, 5.41) is 7.79.